The summed E-state index contributed by atoms with van der Waals surface area (Å²) in [6.07, 6.45) is 9.23. The minimum atomic E-state index is -3.13. The fourth-order valence-corrected chi connectivity index (χ4v) is 4.11. The second-order valence-electron chi connectivity index (χ2n) is 6.63. The average Bonchev–Trinajstić information content (AvgIpc) is 2.85. The maximum atomic E-state index is 11.1. The first-order chi connectivity index (χ1) is 10.4. The molecule has 0 aromatic carbocycles. The van der Waals surface area contributed by atoms with Crippen LogP contribution in [0.2, 0.25) is 0 Å². The Balaban J connectivity index is 1.90. The van der Waals surface area contributed by atoms with Crippen molar-refractivity contribution in [2.75, 3.05) is 39.0 Å². The molecule has 0 radical (unpaired) electrons. The van der Waals surface area contributed by atoms with Crippen LogP contribution in [-0.4, -0.2) is 58.3 Å². The van der Waals surface area contributed by atoms with E-state index >= 15 is 0 Å². The molecule has 128 valence electrons. The van der Waals surface area contributed by atoms with E-state index in [9.17, 15) is 8.42 Å². The van der Waals surface area contributed by atoms with Gasteiger partial charge in [0.2, 0.25) is 10.0 Å². The normalized spacial score (nSPS) is 22.3. The van der Waals surface area contributed by atoms with E-state index in [1.807, 2.05) is 0 Å². The van der Waals surface area contributed by atoms with Crippen LogP contribution in [0.4, 0.5) is 0 Å². The van der Waals surface area contributed by atoms with Gasteiger partial charge in [0.05, 0.1) is 12.8 Å². The van der Waals surface area contributed by atoms with Crippen molar-refractivity contribution in [2.45, 2.75) is 45.4 Å². The second-order valence-corrected chi connectivity index (χ2v) is 8.47. The molecule has 0 bridgehead atoms. The van der Waals surface area contributed by atoms with Gasteiger partial charge in [-0.15, -0.1) is 0 Å². The van der Waals surface area contributed by atoms with Gasteiger partial charge in [-0.1, -0.05) is 19.3 Å². The second kappa shape index (κ2) is 7.64. The summed E-state index contributed by atoms with van der Waals surface area (Å²) < 4.78 is 24.6. The molecule has 0 unspecified atom stereocenters. The Morgan fingerprint density at radius 2 is 1.95 bits per heavy atom. The molecule has 0 aromatic rings. The summed E-state index contributed by atoms with van der Waals surface area (Å²) in [6.45, 7) is 5.88. The average molecular weight is 330 g/mol. The monoisotopic (exact) mass is 330 g/mol. The minimum absolute atomic E-state index is 0.354. The molecule has 1 spiro atoms. The SMILES string of the molecule is CCNC(=NCCNS(C)(=O)=O)N1CCC2(CCCCC2)C1. The largest absolute Gasteiger partial charge is 0.357 e. The van der Waals surface area contributed by atoms with E-state index in [0.717, 1.165) is 25.6 Å². The minimum Gasteiger partial charge on any atom is -0.357 e. The number of sulfonamides is 1. The predicted molar refractivity (Wildman–Crippen MR) is 90.5 cm³/mol. The Labute approximate surface area is 134 Å². The molecule has 1 saturated heterocycles. The number of nitrogens with zero attached hydrogens (tertiary/aromatic N) is 2. The Morgan fingerprint density at radius 1 is 1.23 bits per heavy atom. The lowest BCUT2D eigenvalue weighted by Crippen LogP contribution is -2.42. The Hall–Kier alpha value is -0.820. The molecule has 0 amide bonds. The third kappa shape index (κ3) is 5.12. The lowest BCUT2D eigenvalue weighted by atomic mass is 9.73. The van der Waals surface area contributed by atoms with Gasteiger partial charge in [0, 0.05) is 26.2 Å². The molecule has 7 heteroatoms. The Morgan fingerprint density at radius 3 is 2.59 bits per heavy atom. The molecule has 22 heavy (non-hydrogen) atoms. The van der Waals surface area contributed by atoms with Crippen LogP contribution in [-0.2, 0) is 10.0 Å². The van der Waals surface area contributed by atoms with Crippen LogP contribution in [0.1, 0.15) is 45.4 Å². The van der Waals surface area contributed by atoms with E-state index in [-0.39, 0.29) is 0 Å². The van der Waals surface area contributed by atoms with E-state index in [4.69, 9.17) is 0 Å². The highest BCUT2D eigenvalue weighted by Gasteiger charge is 2.39. The highest BCUT2D eigenvalue weighted by atomic mass is 32.2. The van der Waals surface area contributed by atoms with Crippen LogP contribution in [0.15, 0.2) is 4.99 Å². The molecular weight excluding hydrogens is 300 g/mol. The van der Waals surface area contributed by atoms with Gasteiger partial charge in [0.25, 0.3) is 0 Å². The standard InChI is InChI=1S/C15H30N4O2S/c1-3-16-14(17-10-11-18-22(2,20)21)19-12-9-15(13-19)7-5-4-6-8-15/h18H,3-13H2,1-2H3,(H,16,17). The summed E-state index contributed by atoms with van der Waals surface area (Å²) in [5.41, 5.74) is 0.499. The van der Waals surface area contributed by atoms with Gasteiger partial charge in [0.15, 0.2) is 5.96 Å². The summed E-state index contributed by atoms with van der Waals surface area (Å²) in [6, 6.07) is 0. The van der Waals surface area contributed by atoms with Crippen molar-refractivity contribution in [1.82, 2.24) is 14.9 Å². The van der Waals surface area contributed by atoms with Crippen LogP contribution in [0.5, 0.6) is 0 Å². The summed E-state index contributed by atoms with van der Waals surface area (Å²) in [5, 5.41) is 3.34. The zero-order valence-corrected chi connectivity index (χ0v) is 14.7. The van der Waals surface area contributed by atoms with Crippen LogP contribution < -0.4 is 10.0 Å². The van der Waals surface area contributed by atoms with Crippen LogP contribution in [0.3, 0.4) is 0 Å². The van der Waals surface area contributed by atoms with Gasteiger partial charge in [-0.3, -0.25) is 4.99 Å². The summed E-state index contributed by atoms with van der Waals surface area (Å²) in [5.74, 6) is 0.931. The van der Waals surface area contributed by atoms with Crippen molar-refractivity contribution >= 4 is 16.0 Å². The fraction of sp³-hybridized carbons (Fsp3) is 0.933. The molecular formula is C15H30N4O2S. The smallest absolute Gasteiger partial charge is 0.208 e. The van der Waals surface area contributed by atoms with Crippen molar-refractivity contribution in [3.8, 4) is 0 Å². The van der Waals surface area contributed by atoms with Gasteiger partial charge in [-0.2, -0.15) is 0 Å². The molecule has 6 nitrogen and oxygen atoms in total. The van der Waals surface area contributed by atoms with E-state index < -0.39 is 10.0 Å². The first kappa shape index (κ1) is 17.5. The number of rotatable bonds is 5. The Bertz CT molecular complexity index is 484. The number of hydrogen-bond acceptors (Lipinski definition) is 3. The number of nitrogens with one attached hydrogen (secondary N) is 2. The van der Waals surface area contributed by atoms with Gasteiger partial charge in [-0.25, -0.2) is 13.1 Å². The maximum Gasteiger partial charge on any atom is 0.208 e. The van der Waals surface area contributed by atoms with E-state index in [2.05, 4.69) is 26.9 Å². The highest BCUT2D eigenvalue weighted by molar-refractivity contribution is 7.88. The quantitative estimate of drug-likeness (QED) is 0.451. The molecule has 1 heterocycles. The molecule has 1 aliphatic heterocycles. The van der Waals surface area contributed by atoms with Gasteiger partial charge in [0.1, 0.15) is 0 Å². The third-order valence-corrected chi connectivity index (χ3v) is 5.45. The third-order valence-electron chi connectivity index (χ3n) is 4.72. The first-order valence-corrected chi connectivity index (χ1v) is 10.3. The molecule has 2 aliphatic rings. The summed E-state index contributed by atoms with van der Waals surface area (Å²) in [7, 11) is -3.13. The van der Waals surface area contributed by atoms with Crippen LogP contribution in [0, 0.1) is 5.41 Å². The molecule has 0 atom stereocenters. The first-order valence-electron chi connectivity index (χ1n) is 8.42. The molecule has 2 fully saturated rings. The number of guanidine groups is 1. The zero-order chi connectivity index (χ0) is 16.1. The summed E-state index contributed by atoms with van der Waals surface area (Å²) in [4.78, 5) is 6.94. The van der Waals surface area contributed by atoms with Crippen molar-refractivity contribution in [2.24, 2.45) is 10.4 Å². The van der Waals surface area contributed by atoms with Gasteiger partial charge >= 0.3 is 0 Å². The van der Waals surface area contributed by atoms with Crippen molar-refractivity contribution in [3.63, 3.8) is 0 Å². The van der Waals surface area contributed by atoms with Crippen molar-refractivity contribution in [3.05, 3.63) is 0 Å². The number of hydrogen-bond donors (Lipinski definition) is 2. The van der Waals surface area contributed by atoms with Crippen LogP contribution in [0.25, 0.3) is 0 Å². The molecule has 0 aromatic heterocycles. The lowest BCUT2D eigenvalue weighted by molar-refractivity contribution is 0.203. The predicted octanol–water partition coefficient (Wildman–Crippen LogP) is 1.16. The van der Waals surface area contributed by atoms with E-state index in [1.165, 1.54) is 44.8 Å². The van der Waals surface area contributed by atoms with Gasteiger partial charge < -0.3 is 10.2 Å². The van der Waals surface area contributed by atoms with Crippen LogP contribution >= 0.6 is 0 Å². The maximum absolute atomic E-state index is 11.1. The number of aliphatic imine (C=N–C) groups is 1. The lowest BCUT2D eigenvalue weighted by Gasteiger charge is -2.33. The zero-order valence-electron chi connectivity index (χ0n) is 13.9. The molecule has 2 N–H and O–H groups in total. The fourth-order valence-electron chi connectivity index (χ4n) is 3.64. The van der Waals surface area contributed by atoms with Crippen molar-refractivity contribution in [1.29, 1.82) is 0 Å². The topological polar surface area (TPSA) is 73.8 Å². The highest BCUT2D eigenvalue weighted by Crippen LogP contribution is 2.43. The molecule has 2 rings (SSSR count). The molecule has 1 saturated carbocycles. The van der Waals surface area contributed by atoms with Gasteiger partial charge in [-0.05, 0) is 31.6 Å². The molecule has 1 aliphatic carbocycles. The van der Waals surface area contributed by atoms with Crippen molar-refractivity contribution < 1.29 is 8.42 Å². The summed E-state index contributed by atoms with van der Waals surface area (Å²) >= 11 is 0. The number of likely N-dealkylation sites (tertiary alicyclic amines) is 1. The van der Waals surface area contributed by atoms with E-state index in [0.29, 0.717) is 18.5 Å². The van der Waals surface area contributed by atoms with E-state index in [1.54, 1.807) is 0 Å². The Kier molecular flexibility index (Phi) is 6.09.